The molecule has 2 amide bonds. The number of benzene rings is 1. The molecule has 0 aromatic heterocycles. The third kappa shape index (κ3) is 2.31. The van der Waals surface area contributed by atoms with Crippen LogP contribution in [0.15, 0.2) is 12.1 Å². The van der Waals surface area contributed by atoms with Gasteiger partial charge in [-0.3, -0.25) is 24.6 Å². The largest absolute Gasteiger partial charge is 0.368 e. The van der Waals surface area contributed by atoms with E-state index >= 15 is 0 Å². The van der Waals surface area contributed by atoms with E-state index in [9.17, 15) is 24.1 Å². The minimum atomic E-state index is -0.865. The zero-order valence-electron chi connectivity index (χ0n) is 10.8. The van der Waals surface area contributed by atoms with Gasteiger partial charge in [-0.15, -0.1) is 0 Å². The smallest absolute Gasteiger partial charge is 0.295 e. The zero-order chi connectivity index (χ0) is 15.0. The van der Waals surface area contributed by atoms with Gasteiger partial charge < -0.3 is 5.32 Å². The highest BCUT2D eigenvalue weighted by atomic mass is 19.1. The molecular formula is C12H12FN3O4. The van der Waals surface area contributed by atoms with Gasteiger partial charge in [0.25, 0.3) is 11.6 Å². The Balaban J connectivity index is 2.34. The van der Waals surface area contributed by atoms with Crippen LogP contribution in [0.4, 0.5) is 15.8 Å². The van der Waals surface area contributed by atoms with Gasteiger partial charge in [-0.05, 0) is 18.6 Å². The number of nitro groups is 1. The van der Waals surface area contributed by atoms with Gasteiger partial charge in [0.05, 0.1) is 17.4 Å². The summed E-state index contributed by atoms with van der Waals surface area (Å²) < 4.78 is 13.4. The Bertz CT molecular complexity index is 617. The number of nitro benzene ring substituents is 1. The maximum Gasteiger partial charge on any atom is 0.295 e. The van der Waals surface area contributed by atoms with E-state index in [2.05, 4.69) is 5.32 Å². The van der Waals surface area contributed by atoms with Crippen LogP contribution in [0, 0.1) is 22.9 Å². The predicted octanol–water partition coefficient (Wildman–Crippen LogP) is 1.21. The molecule has 1 aromatic carbocycles. The molecule has 7 nitrogen and oxygen atoms in total. The van der Waals surface area contributed by atoms with E-state index in [4.69, 9.17) is 0 Å². The highest BCUT2D eigenvalue weighted by Crippen LogP contribution is 2.29. The van der Waals surface area contributed by atoms with Crippen molar-refractivity contribution in [1.29, 1.82) is 0 Å². The van der Waals surface area contributed by atoms with Crippen molar-refractivity contribution in [3.05, 3.63) is 33.6 Å². The molecule has 1 unspecified atom stereocenters. The molecule has 1 saturated heterocycles. The van der Waals surface area contributed by atoms with Gasteiger partial charge in [0.15, 0.2) is 0 Å². The molecule has 0 bridgehead atoms. The second-order valence-electron chi connectivity index (χ2n) is 4.57. The Morgan fingerprint density at radius 1 is 1.45 bits per heavy atom. The maximum atomic E-state index is 13.4. The Labute approximate surface area is 113 Å². The van der Waals surface area contributed by atoms with Crippen molar-refractivity contribution < 1.29 is 18.9 Å². The molecule has 2 rings (SSSR count). The molecule has 1 aliphatic rings. The average molecular weight is 281 g/mol. The molecule has 0 radical (unpaired) electrons. The van der Waals surface area contributed by atoms with Crippen molar-refractivity contribution in [2.24, 2.45) is 0 Å². The number of imide groups is 1. The summed E-state index contributed by atoms with van der Waals surface area (Å²) in [6.45, 7) is 1.46. The van der Waals surface area contributed by atoms with Gasteiger partial charge >= 0.3 is 0 Å². The highest BCUT2D eigenvalue weighted by molar-refractivity contribution is 6.06. The standard InChI is InChI=1S/C12H12FN3O4/c1-6-3-8(10(16(19)20)4-7(6)13)14-9-5-11(17)15(2)12(9)18/h3-4,9,14H,5H2,1-2H3. The first kappa shape index (κ1) is 13.9. The third-order valence-corrected chi connectivity index (χ3v) is 3.18. The van der Waals surface area contributed by atoms with E-state index < -0.39 is 28.4 Å². The number of halogens is 1. The van der Waals surface area contributed by atoms with Crippen molar-refractivity contribution >= 4 is 23.2 Å². The number of hydrogen-bond acceptors (Lipinski definition) is 5. The summed E-state index contributed by atoms with van der Waals surface area (Å²) in [5.74, 6) is -1.53. The summed E-state index contributed by atoms with van der Waals surface area (Å²) in [6.07, 6.45) is -0.0804. The molecule has 106 valence electrons. The topological polar surface area (TPSA) is 92.6 Å². The molecule has 1 aromatic rings. The van der Waals surface area contributed by atoms with Crippen LogP contribution in [-0.4, -0.2) is 34.7 Å². The van der Waals surface area contributed by atoms with Crippen LogP contribution in [0.25, 0.3) is 0 Å². The number of carbonyl (C=O) groups is 2. The molecule has 1 fully saturated rings. The first-order valence-electron chi connectivity index (χ1n) is 5.82. The summed E-state index contributed by atoms with van der Waals surface area (Å²) in [7, 11) is 1.34. The van der Waals surface area contributed by atoms with E-state index in [0.717, 1.165) is 11.0 Å². The third-order valence-electron chi connectivity index (χ3n) is 3.18. The quantitative estimate of drug-likeness (QED) is 0.510. The van der Waals surface area contributed by atoms with Crippen LogP contribution < -0.4 is 5.32 Å². The van der Waals surface area contributed by atoms with E-state index in [1.54, 1.807) is 0 Å². The van der Waals surface area contributed by atoms with E-state index in [-0.39, 0.29) is 23.6 Å². The minimum absolute atomic E-state index is 0.0235. The lowest BCUT2D eigenvalue weighted by Gasteiger charge is -2.13. The van der Waals surface area contributed by atoms with Crippen molar-refractivity contribution in [3.8, 4) is 0 Å². The lowest BCUT2D eigenvalue weighted by Crippen LogP contribution is -2.32. The molecule has 0 saturated carbocycles. The Morgan fingerprint density at radius 2 is 2.10 bits per heavy atom. The van der Waals surface area contributed by atoms with Crippen LogP contribution in [0.3, 0.4) is 0 Å². The van der Waals surface area contributed by atoms with Gasteiger partial charge in [-0.2, -0.15) is 0 Å². The number of likely N-dealkylation sites (N-methyl/N-ethyl adjacent to an activating group) is 1. The molecular weight excluding hydrogens is 269 g/mol. The van der Waals surface area contributed by atoms with Crippen molar-refractivity contribution in [1.82, 2.24) is 4.90 Å². The van der Waals surface area contributed by atoms with Crippen LogP contribution in [0.2, 0.25) is 0 Å². The van der Waals surface area contributed by atoms with Crippen molar-refractivity contribution in [3.63, 3.8) is 0 Å². The molecule has 1 aliphatic heterocycles. The summed E-state index contributed by atoms with van der Waals surface area (Å²) in [4.78, 5) is 34.3. The lowest BCUT2D eigenvalue weighted by atomic mass is 10.1. The van der Waals surface area contributed by atoms with Gasteiger partial charge in [0.2, 0.25) is 5.91 Å². The highest BCUT2D eigenvalue weighted by Gasteiger charge is 2.37. The molecule has 8 heteroatoms. The number of hydrogen-bond donors (Lipinski definition) is 1. The van der Waals surface area contributed by atoms with Gasteiger partial charge in [-0.25, -0.2) is 4.39 Å². The van der Waals surface area contributed by atoms with Crippen LogP contribution >= 0.6 is 0 Å². The predicted molar refractivity (Wildman–Crippen MR) is 67.6 cm³/mol. The van der Waals surface area contributed by atoms with Gasteiger partial charge in [0.1, 0.15) is 17.5 Å². The molecule has 20 heavy (non-hydrogen) atoms. The summed E-state index contributed by atoms with van der Waals surface area (Å²) in [6, 6.07) is 1.18. The normalized spacial score (nSPS) is 18.6. The second kappa shape index (κ2) is 4.87. The second-order valence-corrected chi connectivity index (χ2v) is 4.57. The average Bonchev–Trinajstić information content (AvgIpc) is 2.61. The molecule has 1 N–H and O–H groups in total. The molecule has 1 atom stereocenters. The fourth-order valence-corrected chi connectivity index (χ4v) is 1.99. The number of nitrogens with zero attached hydrogens (tertiary/aromatic N) is 2. The van der Waals surface area contributed by atoms with Gasteiger partial charge in [0, 0.05) is 7.05 Å². The number of carbonyl (C=O) groups excluding carboxylic acids is 2. The number of amides is 2. The van der Waals surface area contributed by atoms with Crippen LogP contribution in [0.1, 0.15) is 12.0 Å². The fourth-order valence-electron chi connectivity index (χ4n) is 1.99. The zero-order valence-corrected chi connectivity index (χ0v) is 10.8. The number of rotatable bonds is 3. The molecule has 0 aliphatic carbocycles. The first-order chi connectivity index (χ1) is 9.31. The minimum Gasteiger partial charge on any atom is -0.368 e. The Hall–Kier alpha value is -2.51. The van der Waals surface area contributed by atoms with Crippen molar-refractivity contribution in [2.45, 2.75) is 19.4 Å². The Morgan fingerprint density at radius 3 is 2.60 bits per heavy atom. The molecule has 0 spiro atoms. The number of aryl methyl sites for hydroxylation is 1. The number of anilines is 1. The number of likely N-dealkylation sites (tertiary alicyclic amines) is 1. The van der Waals surface area contributed by atoms with E-state index in [1.807, 2.05) is 0 Å². The van der Waals surface area contributed by atoms with E-state index in [1.165, 1.54) is 20.0 Å². The summed E-state index contributed by atoms with van der Waals surface area (Å²) in [5, 5.41) is 13.6. The summed E-state index contributed by atoms with van der Waals surface area (Å²) in [5.41, 5.74) is -0.235. The Kier molecular flexibility index (Phi) is 3.39. The number of nitrogens with one attached hydrogen (secondary N) is 1. The monoisotopic (exact) mass is 281 g/mol. The fraction of sp³-hybridized carbons (Fsp3) is 0.333. The van der Waals surface area contributed by atoms with Crippen LogP contribution in [-0.2, 0) is 9.59 Å². The SMILES string of the molecule is Cc1cc(NC2CC(=O)N(C)C2=O)c([N+](=O)[O-])cc1F. The molecule has 1 heterocycles. The first-order valence-corrected chi connectivity index (χ1v) is 5.82. The van der Waals surface area contributed by atoms with Gasteiger partial charge in [-0.1, -0.05) is 0 Å². The van der Waals surface area contributed by atoms with Crippen molar-refractivity contribution in [2.75, 3.05) is 12.4 Å². The van der Waals surface area contributed by atoms with E-state index in [0.29, 0.717) is 0 Å². The summed E-state index contributed by atoms with van der Waals surface area (Å²) >= 11 is 0. The lowest BCUT2D eigenvalue weighted by molar-refractivity contribution is -0.384. The maximum absolute atomic E-state index is 13.4. The van der Waals surface area contributed by atoms with Crippen LogP contribution in [0.5, 0.6) is 0 Å².